The van der Waals surface area contributed by atoms with Crippen LogP contribution in [-0.2, 0) is 6.42 Å². The van der Waals surface area contributed by atoms with Gasteiger partial charge in [-0.15, -0.1) is 0 Å². The summed E-state index contributed by atoms with van der Waals surface area (Å²) in [4.78, 5) is 14.1. The quantitative estimate of drug-likeness (QED) is 0.909. The number of carbonyl (C=O) groups is 1. The van der Waals surface area contributed by atoms with Gasteiger partial charge in [0.1, 0.15) is 0 Å². The summed E-state index contributed by atoms with van der Waals surface area (Å²) in [5.74, 6) is 0.0118. The molecular formula is C16H21N3O. The van der Waals surface area contributed by atoms with E-state index in [-0.39, 0.29) is 11.9 Å². The molecule has 0 bridgehead atoms. The summed E-state index contributed by atoms with van der Waals surface area (Å²) in [6.07, 6.45) is 5.00. The molecule has 0 spiro atoms. The molecule has 0 fully saturated rings. The van der Waals surface area contributed by atoms with E-state index in [9.17, 15) is 4.79 Å². The Labute approximate surface area is 119 Å². The Morgan fingerprint density at radius 3 is 2.60 bits per heavy atom. The van der Waals surface area contributed by atoms with E-state index in [0.717, 1.165) is 12.8 Å². The van der Waals surface area contributed by atoms with Crippen molar-refractivity contribution in [2.75, 3.05) is 7.05 Å². The number of benzene rings is 1. The average Bonchev–Trinajstić information content (AvgIpc) is 2.99. The number of nitrogens with zero attached hydrogens (tertiary/aromatic N) is 2. The highest BCUT2D eigenvalue weighted by molar-refractivity contribution is 5.93. The molecule has 0 radical (unpaired) electrons. The predicted molar refractivity (Wildman–Crippen MR) is 79.6 cm³/mol. The number of hydrogen-bond acceptors (Lipinski definition) is 2. The summed E-state index contributed by atoms with van der Waals surface area (Å²) in [6, 6.07) is 8.68. The number of amides is 1. The minimum atomic E-state index is 0.0118. The van der Waals surface area contributed by atoms with E-state index >= 15 is 0 Å². The van der Waals surface area contributed by atoms with Gasteiger partial charge in [0.15, 0.2) is 0 Å². The number of rotatable bonds is 5. The normalized spacial score (nSPS) is 12.2. The van der Waals surface area contributed by atoms with Crippen LogP contribution in [0.1, 0.15) is 34.8 Å². The molecule has 2 aromatic rings. The Morgan fingerprint density at radius 2 is 2.05 bits per heavy atom. The number of carbonyl (C=O) groups excluding carboxylic acids is 1. The first-order valence-corrected chi connectivity index (χ1v) is 6.93. The monoisotopic (exact) mass is 271 g/mol. The fourth-order valence-electron chi connectivity index (χ4n) is 2.29. The standard InChI is InChI=1S/C16H21N3O/c1-4-15(9-13-7-5-12(2)6-8-13)19(3)16(20)14-10-17-18-11-14/h5-8,10-11,15H,4,9H2,1-3H3,(H,17,18)/t15-/m1/s1. The van der Waals surface area contributed by atoms with E-state index in [1.165, 1.54) is 11.1 Å². The van der Waals surface area contributed by atoms with Crippen LogP contribution in [0.4, 0.5) is 0 Å². The van der Waals surface area contributed by atoms with Crippen molar-refractivity contribution >= 4 is 5.91 Å². The molecule has 1 amide bonds. The molecule has 1 heterocycles. The lowest BCUT2D eigenvalue weighted by Gasteiger charge is -2.27. The van der Waals surface area contributed by atoms with Crippen molar-refractivity contribution in [1.29, 1.82) is 0 Å². The summed E-state index contributed by atoms with van der Waals surface area (Å²) < 4.78 is 0. The van der Waals surface area contributed by atoms with E-state index in [1.54, 1.807) is 12.4 Å². The fraction of sp³-hybridized carbons (Fsp3) is 0.375. The molecule has 2 rings (SSSR count). The van der Waals surface area contributed by atoms with Crippen molar-refractivity contribution in [1.82, 2.24) is 15.1 Å². The van der Waals surface area contributed by atoms with Crippen LogP contribution in [-0.4, -0.2) is 34.1 Å². The Balaban J connectivity index is 2.07. The molecule has 1 aromatic heterocycles. The van der Waals surface area contributed by atoms with Crippen molar-refractivity contribution in [3.8, 4) is 0 Å². The molecule has 0 aliphatic rings. The van der Waals surface area contributed by atoms with Gasteiger partial charge in [-0.3, -0.25) is 9.89 Å². The molecule has 20 heavy (non-hydrogen) atoms. The van der Waals surface area contributed by atoms with Gasteiger partial charge < -0.3 is 4.90 Å². The molecule has 0 saturated heterocycles. The van der Waals surface area contributed by atoms with Gasteiger partial charge in [0.05, 0.1) is 11.8 Å². The zero-order valence-corrected chi connectivity index (χ0v) is 12.3. The lowest BCUT2D eigenvalue weighted by Crippen LogP contribution is -2.38. The first kappa shape index (κ1) is 14.3. The molecule has 0 aliphatic heterocycles. The first-order chi connectivity index (χ1) is 9.61. The van der Waals surface area contributed by atoms with Gasteiger partial charge in [0, 0.05) is 19.3 Å². The summed E-state index contributed by atoms with van der Waals surface area (Å²) >= 11 is 0. The number of likely N-dealkylation sites (N-methyl/N-ethyl adjacent to an activating group) is 1. The largest absolute Gasteiger partial charge is 0.338 e. The number of nitrogens with one attached hydrogen (secondary N) is 1. The average molecular weight is 271 g/mol. The zero-order valence-electron chi connectivity index (χ0n) is 12.3. The van der Waals surface area contributed by atoms with E-state index in [4.69, 9.17) is 0 Å². The highest BCUT2D eigenvalue weighted by Gasteiger charge is 2.20. The van der Waals surface area contributed by atoms with Crippen LogP contribution in [0.3, 0.4) is 0 Å². The molecule has 1 atom stereocenters. The van der Waals surface area contributed by atoms with Crippen LogP contribution in [0.2, 0.25) is 0 Å². The second kappa shape index (κ2) is 6.37. The fourth-order valence-corrected chi connectivity index (χ4v) is 2.29. The van der Waals surface area contributed by atoms with Gasteiger partial charge >= 0.3 is 0 Å². The van der Waals surface area contributed by atoms with Crippen LogP contribution in [0, 0.1) is 6.92 Å². The summed E-state index contributed by atoms with van der Waals surface area (Å²) in [7, 11) is 1.86. The van der Waals surface area contributed by atoms with Crippen molar-refractivity contribution < 1.29 is 4.79 Å². The Hall–Kier alpha value is -2.10. The topological polar surface area (TPSA) is 49.0 Å². The second-order valence-electron chi connectivity index (χ2n) is 5.15. The van der Waals surface area contributed by atoms with E-state index in [0.29, 0.717) is 5.56 Å². The minimum Gasteiger partial charge on any atom is -0.338 e. The van der Waals surface area contributed by atoms with Gasteiger partial charge in [-0.2, -0.15) is 5.10 Å². The van der Waals surface area contributed by atoms with Crippen LogP contribution < -0.4 is 0 Å². The van der Waals surface area contributed by atoms with Crippen molar-refractivity contribution in [3.63, 3.8) is 0 Å². The van der Waals surface area contributed by atoms with Gasteiger partial charge in [-0.05, 0) is 25.3 Å². The van der Waals surface area contributed by atoms with Gasteiger partial charge in [0.25, 0.3) is 5.91 Å². The van der Waals surface area contributed by atoms with Crippen LogP contribution in [0.15, 0.2) is 36.7 Å². The summed E-state index contributed by atoms with van der Waals surface area (Å²) in [6.45, 7) is 4.19. The predicted octanol–water partition coefficient (Wildman–Crippen LogP) is 2.81. The molecule has 1 aromatic carbocycles. The Bertz CT molecular complexity index is 546. The van der Waals surface area contributed by atoms with Crippen LogP contribution >= 0.6 is 0 Å². The SMILES string of the molecule is CC[C@H](Cc1ccc(C)cc1)N(C)C(=O)c1cn[nH]c1. The lowest BCUT2D eigenvalue weighted by atomic mass is 10.0. The number of hydrogen-bond donors (Lipinski definition) is 1. The van der Waals surface area contributed by atoms with E-state index in [1.807, 2.05) is 11.9 Å². The van der Waals surface area contributed by atoms with Crippen LogP contribution in [0.25, 0.3) is 0 Å². The van der Waals surface area contributed by atoms with Gasteiger partial charge in [-0.1, -0.05) is 36.8 Å². The van der Waals surface area contributed by atoms with Crippen molar-refractivity contribution in [2.24, 2.45) is 0 Å². The third-order valence-electron chi connectivity index (χ3n) is 3.68. The lowest BCUT2D eigenvalue weighted by molar-refractivity contribution is 0.0727. The molecule has 0 saturated carbocycles. The Morgan fingerprint density at radius 1 is 1.35 bits per heavy atom. The molecule has 1 N–H and O–H groups in total. The first-order valence-electron chi connectivity index (χ1n) is 6.93. The van der Waals surface area contributed by atoms with Gasteiger partial charge in [-0.25, -0.2) is 0 Å². The molecule has 0 unspecified atom stereocenters. The van der Waals surface area contributed by atoms with Crippen molar-refractivity contribution in [3.05, 3.63) is 53.3 Å². The van der Waals surface area contributed by atoms with E-state index in [2.05, 4.69) is 48.3 Å². The molecule has 106 valence electrons. The Kier molecular flexibility index (Phi) is 4.56. The van der Waals surface area contributed by atoms with Gasteiger partial charge in [0.2, 0.25) is 0 Å². The minimum absolute atomic E-state index is 0.0118. The van der Waals surface area contributed by atoms with E-state index < -0.39 is 0 Å². The smallest absolute Gasteiger partial charge is 0.257 e. The van der Waals surface area contributed by atoms with Crippen molar-refractivity contribution in [2.45, 2.75) is 32.7 Å². The third kappa shape index (κ3) is 3.26. The van der Waals surface area contributed by atoms with Crippen LogP contribution in [0.5, 0.6) is 0 Å². The second-order valence-corrected chi connectivity index (χ2v) is 5.15. The molecule has 4 heteroatoms. The maximum atomic E-state index is 12.3. The zero-order chi connectivity index (χ0) is 14.5. The number of aryl methyl sites for hydroxylation is 1. The number of aromatic amines is 1. The third-order valence-corrected chi connectivity index (χ3v) is 3.68. The maximum absolute atomic E-state index is 12.3. The number of aromatic nitrogens is 2. The highest BCUT2D eigenvalue weighted by Crippen LogP contribution is 2.14. The highest BCUT2D eigenvalue weighted by atomic mass is 16.2. The molecule has 0 aliphatic carbocycles. The molecular weight excluding hydrogens is 250 g/mol. The maximum Gasteiger partial charge on any atom is 0.257 e. The summed E-state index contributed by atoms with van der Waals surface area (Å²) in [5, 5.41) is 6.51. The summed E-state index contributed by atoms with van der Waals surface area (Å²) in [5.41, 5.74) is 3.12. The number of H-pyrrole nitrogens is 1. The molecule has 4 nitrogen and oxygen atoms in total.